The van der Waals surface area contributed by atoms with Gasteiger partial charge in [-0.2, -0.15) is 0 Å². The van der Waals surface area contributed by atoms with Crippen molar-refractivity contribution in [2.24, 2.45) is 0 Å². The zero-order chi connectivity index (χ0) is 26.5. The standard InChI is InChI=1S/C32H36O5/c1-25(2)13-12-20-29(33)31(35)37-24-30(34)36-22-21-32(27-16-8-4-9-17-27,28-18-10-5-11-19-28)23-26-14-6-3-7-15-26/h3-11,13-19,29,33H,12,20-24H2,1-2H3/t29-/m1/s1. The summed E-state index contributed by atoms with van der Waals surface area (Å²) in [6, 6.07) is 30.8. The van der Waals surface area contributed by atoms with Crippen LogP contribution in [0.25, 0.3) is 0 Å². The molecule has 3 rings (SSSR count). The fraction of sp³-hybridized carbons (Fsp3) is 0.312. The summed E-state index contributed by atoms with van der Waals surface area (Å²) in [5.74, 6) is -1.45. The first-order valence-corrected chi connectivity index (χ1v) is 12.7. The van der Waals surface area contributed by atoms with Crippen molar-refractivity contribution in [2.45, 2.75) is 51.0 Å². The van der Waals surface area contributed by atoms with Gasteiger partial charge in [-0.25, -0.2) is 9.59 Å². The summed E-state index contributed by atoms with van der Waals surface area (Å²) in [4.78, 5) is 24.4. The van der Waals surface area contributed by atoms with Crippen LogP contribution in [-0.4, -0.2) is 36.4 Å². The molecule has 1 atom stereocenters. The second-order valence-electron chi connectivity index (χ2n) is 9.43. The van der Waals surface area contributed by atoms with Crippen LogP contribution in [0, 0.1) is 0 Å². The molecule has 5 nitrogen and oxygen atoms in total. The van der Waals surface area contributed by atoms with E-state index in [9.17, 15) is 14.7 Å². The first-order chi connectivity index (χ1) is 17.9. The molecule has 1 N–H and O–H groups in total. The minimum absolute atomic E-state index is 0.149. The molecule has 0 aliphatic carbocycles. The normalized spacial score (nSPS) is 11.9. The third kappa shape index (κ3) is 8.43. The Bertz CT molecular complexity index is 1100. The number of hydrogen-bond acceptors (Lipinski definition) is 5. The third-order valence-corrected chi connectivity index (χ3v) is 6.39. The van der Waals surface area contributed by atoms with E-state index in [0.717, 1.165) is 23.1 Å². The van der Waals surface area contributed by atoms with Gasteiger partial charge in [0.1, 0.15) is 0 Å². The van der Waals surface area contributed by atoms with Gasteiger partial charge in [-0.3, -0.25) is 0 Å². The van der Waals surface area contributed by atoms with Gasteiger partial charge in [-0.05, 0) is 56.2 Å². The number of allylic oxidation sites excluding steroid dienone is 2. The van der Waals surface area contributed by atoms with Crippen molar-refractivity contribution in [3.05, 3.63) is 119 Å². The quantitative estimate of drug-likeness (QED) is 0.237. The van der Waals surface area contributed by atoms with Crippen molar-refractivity contribution >= 4 is 11.9 Å². The number of aliphatic hydroxyl groups excluding tert-OH is 1. The second-order valence-corrected chi connectivity index (χ2v) is 9.43. The summed E-state index contributed by atoms with van der Waals surface area (Å²) < 4.78 is 10.5. The van der Waals surface area contributed by atoms with Crippen LogP contribution in [0.4, 0.5) is 0 Å². The van der Waals surface area contributed by atoms with Gasteiger partial charge in [0.15, 0.2) is 12.7 Å². The number of benzene rings is 3. The molecule has 0 saturated heterocycles. The maximum Gasteiger partial charge on any atom is 0.344 e. The molecule has 0 aliphatic rings. The highest BCUT2D eigenvalue weighted by molar-refractivity contribution is 5.78. The van der Waals surface area contributed by atoms with E-state index in [1.807, 2.05) is 74.5 Å². The lowest BCUT2D eigenvalue weighted by Gasteiger charge is -2.35. The van der Waals surface area contributed by atoms with E-state index in [-0.39, 0.29) is 13.0 Å². The Balaban J connectivity index is 1.69. The summed E-state index contributed by atoms with van der Waals surface area (Å²) >= 11 is 0. The van der Waals surface area contributed by atoms with E-state index in [1.165, 1.54) is 5.56 Å². The highest BCUT2D eigenvalue weighted by Crippen LogP contribution is 2.39. The molecule has 0 fully saturated rings. The molecule has 0 amide bonds. The number of carbonyl (C=O) groups is 2. The Morgan fingerprint density at radius 2 is 1.38 bits per heavy atom. The van der Waals surface area contributed by atoms with Crippen molar-refractivity contribution in [3.8, 4) is 0 Å². The van der Waals surface area contributed by atoms with E-state index < -0.39 is 30.1 Å². The van der Waals surface area contributed by atoms with Crippen LogP contribution in [0.15, 0.2) is 103 Å². The number of esters is 2. The molecule has 0 aromatic heterocycles. The molecule has 0 saturated carbocycles. The maximum absolute atomic E-state index is 12.4. The molecule has 0 aliphatic heterocycles. The Hall–Kier alpha value is -3.70. The average Bonchev–Trinajstić information content (AvgIpc) is 2.92. The molecule has 5 heteroatoms. The monoisotopic (exact) mass is 500 g/mol. The number of aliphatic hydroxyl groups is 1. The zero-order valence-corrected chi connectivity index (χ0v) is 21.6. The summed E-state index contributed by atoms with van der Waals surface area (Å²) in [6.45, 7) is 3.52. The van der Waals surface area contributed by atoms with Gasteiger partial charge in [-0.15, -0.1) is 0 Å². The zero-order valence-electron chi connectivity index (χ0n) is 21.6. The van der Waals surface area contributed by atoms with E-state index in [1.54, 1.807) is 0 Å². The Labute approximate surface area is 219 Å². The molecular weight excluding hydrogens is 464 g/mol. The first kappa shape index (κ1) is 27.9. The average molecular weight is 501 g/mol. The SMILES string of the molecule is CC(C)=CCC[C@@H](O)C(=O)OCC(=O)OCCC(Cc1ccccc1)(c1ccccc1)c1ccccc1. The molecule has 37 heavy (non-hydrogen) atoms. The lowest BCUT2D eigenvalue weighted by Crippen LogP contribution is -2.33. The fourth-order valence-corrected chi connectivity index (χ4v) is 4.46. The van der Waals surface area contributed by atoms with Crippen LogP contribution in [0.5, 0.6) is 0 Å². The minimum Gasteiger partial charge on any atom is -0.463 e. The lowest BCUT2D eigenvalue weighted by molar-refractivity contribution is -0.164. The lowest BCUT2D eigenvalue weighted by atomic mass is 9.68. The predicted molar refractivity (Wildman–Crippen MR) is 145 cm³/mol. The van der Waals surface area contributed by atoms with Crippen LogP contribution >= 0.6 is 0 Å². The molecule has 0 bridgehead atoms. The van der Waals surface area contributed by atoms with E-state index >= 15 is 0 Å². The third-order valence-electron chi connectivity index (χ3n) is 6.39. The van der Waals surface area contributed by atoms with Crippen molar-refractivity contribution in [1.82, 2.24) is 0 Å². The van der Waals surface area contributed by atoms with Crippen LogP contribution in [-0.2, 0) is 30.9 Å². The molecule has 0 unspecified atom stereocenters. The predicted octanol–water partition coefficient (Wildman–Crippen LogP) is 5.80. The number of hydrogen-bond donors (Lipinski definition) is 1. The highest BCUT2D eigenvalue weighted by atomic mass is 16.6. The largest absolute Gasteiger partial charge is 0.463 e. The van der Waals surface area contributed by atoms with Gasteiger partial charge in [0, 0.05) is 5.41 Å². The summed E-state index contributed by atoms with van der Waals surface area (Å²) in [6.07, 6.45) is 2.75. The molecule has 0 radical (unpaired) electrons. The van der Waals surface area contributed by atoms with Crippen LogP contribution in [0.2, 0.25) is 0 Å². The Morgan fingerprint density at radius 1 is 0.838 bits per heavy atom. The van der Waals surface area contributed by atoms with Crippen LogP contribution in [0.3, 0.4) is 0 Å². The minimum atomic E-state index is -1.27. The number of ether oxygens (including phenoxy) is 2. The fourth-order valence-electron chi connectivity index (χ4n) is 4.46. The summed E-state index contributed by atoms with van der Waals surface area (Å²) in [5, 5.41) is 9.96. The Morgan fingerprint density at radius 3 is 1.92 bits per heavy atom. The van der Waals surface area contributed by atoms with Gasteiger partial charge in [-0.1, -0.05) is 103 Å². The van der Waals surface area contributed by atoms with Gasteiger partial charge in [0.2, 0.25) is 0 Å². The molecule has 0 spiro atoms. The number of carbonyl (C=O) groups excluding carboxylic acids is 2. The Kier molecular flexibility index (Phi) is 10.7. The van der Waals surface area contributed by atoms with Crippen molar-refractivity contribution in [3.63, 3.8) is 0 Å². The van der Waals surface area contributed by atoms with E-state index in [0.29, 0.717) is 12.8 Å². The van der Waals surface area contributed by atoms with Crippen molar-refractivity contribution in [2.75, 3.05) is 13.2 Å². The molecule has 3 aromatic carbocycles. The summed E-state index contributed by atoms with van der Waals surface area (Å²) in [7, 11) is 0. The first-order valence-electron chi connectivity index (χ1n) is 12.7. The molecule has 194 valence electrons. The molecule has 0 heterocycles. The number of rotatable bonds is 13. The summed E-state index contributed by atoms with van der Waals surface area (Å²) in [5.41, 5.74) is 4.12. The topological polar surface area (TPSA) is 72.8 Å². The van der Waals surface area contributed by atoms with Gasteiger partial charge in [0.05, 0.1) is 6.61 Å². The van der Waals surface area contributed by atoms with Gasteiger partial charge in [0.25, 0.3) is 0 Å². The second kappa shape index (κ2) is 14.1. The van der Waals surface area contributed by atoms with Crippen molar-refractivity contribution < 1.29 is 24.2 Å². The maximum atomic E-state index is 12.4. The van der Waals surface area contributed by atoms with Crippen LogP contribution < -0.4 is 0 Å². The highest BCUT2D eigenvalue weighted by Gasteiger charge is 2.34. The van der Waals surface area contributed by atoms with Crippen molar-refractivity contribution in [1.29, 1.82) is 0 Å². The van der Waals surface area contributed by atoms with Crippen LogP contribution in [0.1, 0.15) is 49.8 Å². The smallest absolute Gasteiger partial charge is 0.344 e. The van der Waals surface area contributed by atoms with E-state index in [4.69, 9.17) is 9.47 Å². The van der Waals surface area contributed by atoms with E-state index in [2.05, 4.69) is 36.4 Å². The molecular formula is C32H36O5. The van der Waals surface area contributed by atoms with Gasteiger partial charge >= 0.3 is 11.9 Å². The molecule has 3 aromatic rings. The van der Waals surface area contributed by atoms with Gasteiger partial charge < -0.3 is 14.6 Å².